The number of amides is 2. The quantitative estimate of drug-likeness (QED) is 0.571. The third-order valence-corrected chi connectivity index (χ3v) is 7.50. The number of anilines is 2. The van der Waals surface area contributed by atoms with Crippen LogP contribution in [0.5, 0.6) is 5.75 Å². The summed E-state index contributed by atoms with van der Waals surface area (Å²) >= 11 is 1.41. The summed E-state index contributed by atoms with van der Waals surface area (Å²) in [6.45, 7) is 2.49. The Morgan fingerprint density at radius 3 is 2.56 bits per heavy atom. The number of carbonyl (C=O) groups excluding carboxylic acids is 2. The lowest BCUT2D eigenvalue weighted by atomic mass is 10.0. The molecule has 0 bridgehead atoms. The number of methoxy groups -OCH3 is 1. The molecule has 0 saturated carbocycles. The summed E-state index contributed by atoms with van der Waals surface area (Å²) in [6.07, 6.45) is 0.864. The molecular formula is C26H24N2O3S. The number of aryl methyl sites for hydroxylation is 1. The highest BCUT2D eigenvalue weighted by molar-refractivity contribution is 8.02. The van der Waals surface area contributed by atoms with Crippen molar-refractivity contribution in [2.75, 3.05) is 22.7 Å². The van der Waals surface area contributed by atoms with E-state index >= 15 is 0 Å². The fourth-order valence-corrected chi connectivity index (χ4v) is 5.94. The molecule has 1 saturated heterocycles. The number of hydrogen-bond acceptors (Lipinski definition) is 4. The van der Waals surface area contributed by atoms with E-state index in [0.717, 1.165) is 40.2 Å². The number of para-hydroxylation sites is 1. The van der Waals surface area contributed by atoms with E-state index in [-0.39, 0.29) is 17.6 Å². The number of thioether (sulfide) groups is 1. The van der Waals surface area contributed by atoms with Gasteiger partial charge in [0.1, 0.15) is 5.75 Å². The van der Waals surface area contributed by atoms with E-state index in [9.17, 15) is 9.59 Å². The van der Waals surface area contributed by atoms with E-state index in [2.05, 4.69) is 6.92 Å². The summed E-state index contributed by atoms with van der Waals surface area (Å²) in [5.74, 6) is 0.887. The number of fused-ring (bicyclic) bond motifs is 2. The third-order valence-electron chi connectivity index (χ3n) is 6.12. The van der Waals surface area contributed by atoms with Crippen molar-refractivity contribution < 1.29 is 14.3 Å². The van der Waals surface area contributed by atoms with Crippen molar-refractivity contribution in [1.29, 1.82) is 0 Å². The molecule has 2 aliphatic rings. The van der Waals surface area contributed by atoms with Crippen molar-refractivity contribution in [3.63, 3.8) is 0 Å². The van der Waals surface area contributed by atoms with Crippen LogP contribution in [-0.4, -0.2) is 24.7 Å². The highest BCUT2D eigenvalue weighted by Gasteiger charge is 2.60. The molecule has 32 heavy (non-hydrogen) atoms. The van der Waals surface area contributed by atoms with Crippen molar-refractivity contribution in [1.82, 2.24) is 0 Å². The van der Waals surface area contributed by atoms with Gasteiger partial charge in [-0.05, 0) is 47.9 Å². The van der Waals surface area contributed by atoms with Crippen LogP contribution in [0.4, 0.5) is 11.4 Å². The van der Waals surface area contributed by atoms with Gasteiger partial charge in [-0.1, -0.05) is 49.4 Å². The lowest BCUT2D eigenvalue weighted by molar-refractivity contribution is -0.123. The van der Waals surface area contributed by atoms with Gasteiger partial charge in [-0.15, -0.1) is 11.8 Å². The van der Waals surface area contributed by atoms with Gasteiger partial charge in [-0.3, -0.25) is 14.5 Å². The minimum absolute atomic E-state index is 0.0466. The second-order valence-corrected chi connectivity index (χ2v) is 9.11. The van der Waals surface area contributed by atoms with Gasteiger partial charge in [0.25, 0.3) is 5.91 Å². The monoisotopic (exact) mass is 444 g/mol. The molecule has 3 aromatic carbocycles. The van der Waals surface area contributed by atoms with Gasteiger partial charge in [-0.2, -0.15) is 0 Å². The Bertz CT molecular complexity index is 1210. The molecule has 0 N–H and O–H groups in total. The lowest BCUT2D eigenvalue weighted by Gasteiger charge is -2.33. The molecule has 0 unspecified atom stereocenters. The van der Waals surface area contributed by atoms with Crippen LogP contribution < -0.4 is 14.5 Å². The lowest BCUT2D eigenvalue weighted by Crippen LogP contribution is -2.49. The summed E-state index contributed by atoms with van der Waals surface area (Å²) in [5, 5.41) is 0. The molecule has 5 rings (SSSR count). The highest BCUT2D eigenvalue weighted by Crippen LogP contribution is 2.56. The smallest absolute Gasteiger partial charge is 0.269 e. The zero-order valence-corrected chi connectivity index (χ0v) is 18.9. The second kappa shape index (κ2) is 8.02. The number of nitrogens with zero attached hydrogens (tertiary/aromatic N) is 2. The molecule has 2 aliphatic heterocycles. The van der Waals surface area contributed by atoms with Gasteiger partial charge in [0.15, 0.2) is 0 Å². The summed E-state index contributed by atoms with van der Waals surface area (Å²) in [5.41, 5.74) is 4.59. The number of hydrogen-bond donors (Lipinski definition) is 0. The fourth-order valence-electron chi connectivity index (χ4n) is 4.58. The minimum atomic E-state index is -1.08. The zero-order valence-electron chi connectivity index (χ0n) is 18.1. The molecule has 5 nitrogen and oxygen atoms in total. The molecule has 1 atom stereocenters. The molecule has 2 heterocycles. The summed E-state index contributed by atoms with van der Waals surface area (Å²) in [4.78, 5) is 29.7. The summed E-state index contributed by atoms with van der Waals surface area (Å²) in [7, 11) is 1.63. The van der Waals surface area contributed by atoms with Crippen molar-refractivity contribution in [2.45, 2.75) is 24.8 Å². The maximum Gasteiger partial charge on any atom is 0.269 e. The van der Waals surface area contributed by atoms with E-state index in [1.54, 1.807) is 16.9 Å². The summed E-state index contributed by atoms with van der Waals surface area (Å²) < 4.78 is 5.36. The third kappa shape index (κ3) is 3.09. The maximum atomic E-state index is 14.1. The van der Waals surface area contributed by atoms with Crippen LogP contribution in [0.2, 0.25) is 0 Å². The van der Waals surface area contributed by atoms with Crippen LogP contribution in [0.15, 0.2) is 72.8 Å². The Morgan fingerprint density at radius 1 is 0.969 bits per heavy atom. The van der Waals surface area contributed by atoms with Gasteiger partial charge < -0.3 is 9.64 Å². The standard InChI is InChI=1S/C26H24N2O3S/c1-3-18-8-6-10-20(14-18)28-24(29)17-32-26(28)22-12-4-5-13-23(22)27(25(26)30)16-19-9-7-11-21(15-19)31-2/h4-15H,3,16-17H2,1-2H3/t26-/m0/s1. The Morgan fingerprint density at radius 2 is 1.75 bits per heavy atom. The molecule has 162 valence electrons. The van der Waals surface area contributed by atoms with Crippen molar-refractivity contribution in [3.8, 4) is 5.75 Å². The number of ether oxygens (including phenoxy) is 1. The molecule has 3 aromatic rings. The predicted octanol–water partition coefficient (Wildman–Crippen LogP) is 4.74. The van der Waals surface area contributed by atoms with Crippen LogP contribution in [-0.2, 0) is 27.4 Å². The Hall–Kier alpha value is -3.25. The molecule has 0 radical (unpaired) electrons. The number of rotatable bonds is 5. The molecule has 2 amide bonds. The van der Waals surface area contributed by atoms with E-state index in [0.29, 0.717) is 6.54 Å². The predicted molar refractivity (Wildman–Crippen MR) is 128 cm³/mol. The first-order chi connectivity index (χ1) is 15.6. The largest absolute Gasteiger partial charge is 0.497 e. The van der Waals surface area contributed by atoms with E-state index in [4.69, 9.17) is 4.74 Å². The molecule has 0 aromatic heterocycles. The molecule has 6 heteroatoms. The zero-order chi connectivity index (χ0) is 22.3. The van der Waals surface area contributed by atoms with Gasteiger partial charge >= 0.3 is 0 Å². The fraction of sp³-hybridized carbons (Fsp3) is 0.231. The van der Waals surface area contributed by atoms with Gasteiger partial charge in [0, 0.05) is 11.3 Å². The normalized spacial score (nSPS) is 19.7. The van der Waals surface area contributed by atoms with Gasteiger partial charge in [-0.25, -0.2) is 0 Å². The van der Waals surface area contributed by atoms with Crippen LogP contribution in [0.3, 0.4) is 0 Å². The number of carbonyl (C=O) groups is 2. The van der Waals surface area contributed by atoms with Crippen LogP contribution in [0.25, 0.3) is 0 Å². The molecular weight excluding hydrogens is 420 g/mol. The van der Waals surface area contributed by atoms with E-state index < -0.39 is 4.87 Å². The van der Waals surface area contributed by atoms with Crippen LogP contribution >= 0.6 is 11.8 Å². The Labute approximate surface area is 192 Å². The van der Waals surface area contributed by atoms with E-state index in [1.165, 1.54) is 11.8 Å². The molecule has 1 spiro atoms. The molecule has 1 fully saturated rings. The average molecular weight is 445 g/mol. The van der Waals surface area contributed by atoms with Gasteiger partial charge in [0.05, 0.1) is 25.1 Å². The van der Waals surface area contributed by atoms with Crippen LogP contribution in [0.1, 0.15) is 23.6 Å². The average Bonchev–Trinajstić information content (AvgIpc) is 3.30. The highest BCUT2D eigenvalue weighted by atomic mass is 32.2. The Kier molecular flexibility index (Phi) is 5.18. The SMILES string of the molecule is CCc1cccc(N2C(=O)CS[C@@]23C(=O)N(Cc2cccc(OC)c2)c2ccccc23)c1. The first-order valence-corrected chi connectivity index (χ1v) is 11.7. The first kappa shape index (κ1) is 20.6. The van der Waals surface area contributed by atoms with Crippen molar-refractivity contribution in [2.24, 2.45) is 0 Å². The van der Waals surface area contributed by atoms with Crippen molar-refractivity contribution >= 4 is 35.0 Å². The summed E-state index contributed by atoms with van der Waals surface area (Å²) in [6, 6.07) is 23.5. The van der Waals surface area contributed by atoms with E-state index in [1.807, 2.05) is 72.8 Å². The van der Waals surface area contributed by atoms with Gasteiger partial charge in [0.2, 0.25) is 10.8 Å². The maximum absolute atomic E-state index is 14.1. The Balaban J connectivity index is 1.62. The van der Waals surface area contributed by atoms with Crippen LogP contribution in [0, 0.1) is 0 Å². The second-order valence-electron chi connectivity index (χ2n) is 7.95. The topological polar surface area (TPSA) is 49.9 Å². The number of benzene rings is 3. The molecule has 0 aliphatic carbocycles. The first-order valence-electron chi connectivity index (χ1n) is 10.7. The van der Waals surface area contributed by atoms with Crippen molar-refractivity contribution in [3.05, 3.63) is 89.5 Å². The minimum Gasteiger partial charge on any atom is -0.497 e.